The van der Waals surface area contributed by atoms with Crippen molar-refractivity contribution in [3.63, 3.8) is 0 Å². The molecule has 0 saturated carbocycles. The first-order valence-electron chi connectivity index (χ1n) is 3.49. The van der Waals surface area contributed by atoms with Gasteiger partial charge in [0.05, 0.1) is 0 Å². The van der Waals surface area contributed by atoms with Gasteiger partial charge in [-0.2, -0.15) is 0 Å². The third kappa shape index (κ3) is 2.80. The minimum Gasteiger partial charge on any atom is -0.504 e. The molecule has 0 saturated heterocycles. The van der Waals surface area contributed by atoms with Crippen LogP contribution in [0.4, 0.5) is 0 Å². The lowest BCUT2D eigenvalue weighted by atomic mass is 10.2. The van der Waals surface area contributed by atoms with Crippen molar-refractivity contribution in [3.05, 3.63) is 29.8 Å². The summed E-state index contributed by atoms with van der Waals surface area (Å²) in [6.45, 7) is 0. The Morgan fingerprint density at radius 3 is 2.54 bits per heavy atom. The summed E-state index contributed by atoms with van der Waals surface area (Å²) in [7, 11) is 0. The number of carbonyl (C=O) groups is 1. The molecule has 2 N–H and O–H groups in total. The van der Waals surface area contributed by atoms with Gasteiger partial charge in [0, 0.05) is 0 Å². The first-order chi connectivity index (χ1) is 6.09. The van der Waals surface area contributed by atoms with Crippen molar-refractivity contribution in [1.82, 2.24) is 0 Å². The average Bonchev–Trinajstić information content (AvgIpc) is 2.07. The van der Waals surface area contributed by atoms with E-state index in [1.807, 2.05) is 0 Å². The number of halogens is 1. The zero-order chi connectivity index (χ0) is 9.84. The molecule has 0 aliphatic heterocycles. The van der Waals surface area contributed by atoms with E-state index in [9.17, 15) is 4.79 Å². The third-order valence-electron chi connectivity index (χ3n) is 1.41. The summed E-state index contributed by atoms with van der Waals surface area (Å²) in [6.07, 6.45) is 2.60. The molecule has 4 heteroatoms. The SMILES string of the molecule is O=C(Cl)/C=C/c1ccc(O)c(O)c1. The van der Waals surface area contributed by atoms with Crippen LogP contribution in [0, 0.1) is 0 Å². The van der Waals surface area contributed by atoms with Crippen molar-refractivity contribution < 1.29 is 15.0 Å². The van der Waals surface area contributed by atoms with Crippen molar-refractivity contribution in [3.8, 4) is 11.5 Å². The number of hydrogen-bond acceptors (Lipinski definition) is 3. The van der Waals surface area contributed by atoms with Gasteiger partial charge in [-0.15, -0.1) is 0 Å². The number of phenolic OH excluding ortho intramolecular Hbond substituents is 2. The zero-order valence-corrected chi connectivity index (χ0v) is 7.32. The fourth-order valence-corrected chi connectivity index (χ4v) is 0.869. The Morgan fingerprint density at radius 1 is 1.31 bits per heavy atom. The second-order valence-electron chi connectivity index (χ2n) is 2.39. The summed E-state index contributed by atoms with van der Waals surface area (Å²) < 4.78 is 0. The van der Waals surface area contributed by atoms with Crippen LogP contribution in [0.5, 0.6) is 11.5 Å². The first kappa shape index (κ1) is 9.61. The van der Waals surface area contributed by atoms with E-state index in [1.54, 1.807) is 6.07 Å². The van der Waals surface area contributed by atoms with Gasteiger partial charge < -0.3 is 10.2 Å². The van der Waals surface area contributed by atoms with Crippen LogP contribution < -0.4 is 0 Å². The van der Waals surface area contributed by atoms with Gasteiger partial charge in [-0.05, 0) is 35.4 Å². The summed E-state index contributed by atoms with van der Waals surface area (Å²) in [5.74, 6) is -0.432. The van der Waals surface area contributed by atoms with Crippen molar-refractivity contribution in [2.75, 3.05) is 0 Å². The van der Waals surface area contributed by atoms with Crippen LogP contribution >= 0.6 is 11.6 Å². The summed E-state index contributed by atoms with van der Waals surface area (Å²) in [5, 5.41) is 17.4. The highest BCUT2D eigenvalue weighted by Gasteiger charge is 1.97. The van der Waals surface area contributed by atoms with Crippen molar-refractivity contribution in [2.45, 2.75) is 0 Å². The maximum atomic E-state index is 10.3. The maximum absolute atomic E-state index is 10.3. The minimum atomic E-state index is -0.590. The highest BCUT2D eigenvalue weighted by Crippen LogP contribution is 2.25. The van der Waals surface area contributed by atoms with E-state index >= 15 is 0 Å². The molecule has 68 valence electrons. The fourth-order valence-electron chi connectivity index (χ4n) is 0.806. The van der Waals surface area contributed by atoms with Gasteiger partial charge in [0.2, 0.25) is 5.24 Å². The van der Waals surface area contributed by atoms with Gasteiger partial charge in [-0.1, -0.05) is 12.1 Å². The Morgan fingerprint density at radius 2 is 2.00 bits per heavy atom. The molecular formula is C9H7ClO3. The molecule has 0 bridgehead atoms. The van der Waals surface area contributed by atoms with Crippen molar-refractivity contribution in [2.24, 2.45) is 0 Å². The Hall–Kier alpha value is -1.48. The molecule has 0 radical (unpaired) electrons. The topological polar surface area (TPSA) is 57.5 Å². The number of carbonyl (C=O) groups excluding carboxylic acids is 1. The predicted octanol–water partition coefficient (Wildman–Crippen LogP) is 1.88. The number of hydrogen-bond donors (Lipinski definition) is 2. The Labute approximate surface area is 79.9 Å². The minimum absolute atomic E-state index is 0.200. The molecule has 1 aromatic carbocycles. The Balaban J connectivity index is 2.92. The number of phenols is 2. The van der Waals surface area contributed by atoms with Crippen LogP contribution in [0.1, 0.15) is 5.56 Å². The van der Waals surface area contributed by atoms with Gasteiger partial charge in [-0.25, -0.2) is 0 Å². The smallest absolute Gasteiger partial charge is 0.245 e. The summed E-state index contributed by atoms with van der Waals surface area (Å²) >= 11 is 5.06. The van der Waals surface area contributed by atoms with Crippen LogP contribution in [0.3, 0.4) is 0 Å². The second-order valence-corrected chi connectivity index (χ2v) is 2.76. The van der Waals surface area contributed by atoms with Crippen LogP contribution in [0.2, 0.25) is 0 Å². The van der Waals surface area contributed by atoms with Crippen LogP contribution in [-0.4, -0.2) is 15.5 Å². The monoisotopic (exact) mass is 198 g/mol. The van der Waals surface area contributed by atoms with Crippen LogP contribution in [0.15, 0.2) is 24.3 Å². The lowest BCUT2D eigenvalue weighted by Gasteiger charge is -1.97. The van der Waals surface area contributed by atoms with Crippen molar-refractivity contribution in [1.29, 1.82) is 0 Å². The molecule has 1 aromatic rings. The molecule has 0 aliphatic carbocycles. The highest BCUT2D eigenvalue weighted by atomic mass is 35.5. The summed E-state index contributed by atoms with van der Waals surface area (Å²) in [5.41, 5.74) is 0.587. The fraction of sp³-hybridized carbons (Fsp3) is 0. The second kappa shape index (κ2) is 3.96. The van der Waals surface area contributed by atoms with Crippen molar-refractivity contribution >= 4 is 22.9 Å². The first-order valence-corrected chi connectivity index (χ1v) is 3.87. The van der Waals surface area contributed by atoms with Crippen LogP contribution in [-0.2, 0) is 4.79 Å². The number of rotatable bonds is 2. The number of allylic oxidation sites excluding steroid dienone is 1. The van der Waals surface area contributed by atoms with Gasteiger partial charge in [0.15, 0.2) is 11.5 Å². The van der Waals surface area contributed by atoms with E-state index < -0.39 is 5.24 Å². The van der Waals surface area contributed by atoms with Gasteiger partial charge in [-0.3, -0.25) is 4.79 Å². The lowest BCUT2D eigenvalue weighted by molar-refractivity contribution is -0.107. The molecule has 3 nitrogen and oxygen atoms in total. The van der Waals surface area contributed by atoms with Gasteiger partial charge >= 0.3 is 0 Å². The van der Waals surface area contributed by atoms with E-state index in [1.165, 1.54) is 18.2 Å². The molecule has 0 heterocycles. The Kier molecular flexibility index (Phi) is 2.93. The summed E-state index contributed by atoms with van der Waals surface area (Å²) in [6, 6.07) is 4.20. The van der Waals surface area contributed by atoms with Gasteiger partial charge in [0.25, 0.3) is 0 Å². The highest BCUT2D eigenvalue weighted by molar-refractivity contribution is 6.66. The molecule has 0 aliphatic rings. The largest absolute Gasteiger partial charge is 0.504 e. The third-order valence-corrected chi connectivity index (χ3v) is 1.53. The standard InChI is InChI=1S/C9H7ClO3/c10-9(13)4-2-6-1-3-7(11)8(12)5-6/h1-5,11-12H/b4-2+. The van der Waals surface area contributed by atoms with Gasteiger partial charge in [0.1, 0.15) is 0 Å². The molecule has 0 aromatic heterocycles. The molecule has 13 heavy (non-hydrogen) atoms. The lowest BCUT2D eigenvalue weighted by Crippen LogP contribution is -1.77. The molecular weight excluding hydrogens is 192 g/mol. The average molecular weight is 199 g/mol. The molecule has 1 rings (SSSR count). The van der Waals surface area contributed by atoms with E-state index in [0.29, 0.717) is 5.56 Å². The normalized spacial score (nSPS) is 10.5. The number of aromatic hydroxyl groups is 2. The maximum Gasteiger partial charge on any atom is 0.245 e. The van der Waals surface area contributed by atoms with Crippen LogP contribution in [0.25, 0.3) is 6.08 Å². The molecule has 0 spiro atoms. The number of benzene rings is 1. The van der Waals surface area contributed by atoms with E-state index in [0.717, 1.165) is 6.08 Å². The Bertz CT molecular complexity index is 358. The summed E-state index contributed by atoms with van der Waals surface area (Å²) in [4.78, 5) is 10.3. The quantitative estimate of drug-likeness (QED) is 0.433. The zero-order valence-electron chi connectivity index (χ0n) is 6.57. The predicted molar refractivity (Wildman–Crippen MR) is 49.7 cm³/mol. The molecule has 0 atom stereocenters. The van der Waals surface area contributed by atoms with E-state index in [-0.39, 0.29) is 11.5 Å². The molecule has 0 fully saturated rings. The molecule has 0 amide bonds. The van der Waals surface area contributed by atoms with E-state index in [4.69, 9.17) is 21.8 Å². The van der Waals surface area contributed by atoms with E-state index in [2.05, 4.69) is 0 Å². The molecule has 0 unspecified atom stereocenters.